The van der Waals surface area contributed by atoms with Gasteiger partial charge in [0.05, 0.1) is 24.2 Å². The molecule has 2 N–H and O–H groups in total. The number of rotatable bonds is 3. The predicted molar refractivity (Wildman–Crippen MR) is 49.1 cm³/mol. The third-order valence-corrected chi connectivity index (χ3v) is 1.56. The summed E-state index contributed by atoms with van der Waals surface area (Å²) in [5.74, 6) is -0.926. The van der Waals surface area contributed by atoms with Gasteiger partial charge in [-0.15, -0.1) is 0 Å². The zero-order chi connectivity index (χ0) is 10.6. The average molecular weight is 198 g/mol. The Hall–Kier alpha value is -1.65. The van der Waals surface area contributed by atoms with Crippen LogP contribution < -0.4 is 5.73 Å². The van der Waals surface area contributed by atoms with E-state index in [9.17, 15) is 9.18 Å². The van der Waals surface area contributed by atoms with Crippen LogP contribution in [0.2, 0.25) is 0 Å². The lowest BCUT2D eigenvalue weighted by Gasteiger charge is -2.06. The van der Waals surface area contributed by atoms with Crippen molar-refractivity contribution in [2.75, 3.05) is 12.3 Å². The first-order valence-corrected chi connectivity index (χ1v) is 4.17. The van der Waals surface area contributed by atoms with Crippen LogP contribution >= 0.6 is 0 Å². The normalized spacial score (nSPS) is 12.1. The number of esters is 1. The highest BCUT2D eigenvalue weighted by molar-refractivity contribution is 5.75. The number of alkyl halides is 1. The van der Waals surface area contributed by atoms with Crippen molar-refractivity contribution in [3.05, 3.63) is 24.0 Å². The van der Waals surface area contributed by atoms with Crippen molar-refractivity contribution in [2.24, 2.45) is 0 Å². The molecule has 1 rings (SSSR count). The zero-order valence-electron chi connectivity index (χ0n) is 7.74. The number of carbonyl (C=O) groups is 1. The number of pyridine rings is 1. The van der Waals surface area contributed by atoms with Gasteiger partial charge in [-0.05, 0) is 19.1 Å². The van der Waals surface area contributed by atoms with E-state index in [-0.39, 0.29) is 12.3 Å². The molecule has 4 nitrogen and oxygen atoms in total. The van der Waals surface area contributed by atoms with E-state index in [1.54, 1.807) is 6.92 Å². The monoisotopic (exact) mass is 198 g/mol. The second-order valence-corrected chi connectivity index (χ2v) is 2.63. The molecule has 0 saturated heterocycles. The fourth-order valence-electron chi connectivity index (χ4n) is 0.903. The van der Waals surface area contributed by atoms with E-state index in [1.807, 2.05) is 0 Å². The third kappa shape index (κ3) is 2.42. The highest BCUT2D eigenvalue weighted by Crippen LogP contribution is 2.17. The van der Waals surface area contributed by atoms with Crippen LogP contribution in [-0.2, 0) is 9.53 Å². The zero-order valence-corrected chi connectivity index (χ0v) is 7.74. The summed E-state index contributed by atoms with van der Waals surface area (Å²) in [6, 6.07) is 2.84. The Morgan fingerprint density at radius 2 is 2.43 bits per heavy atom. The van der Waals surface area contributed by atoms with Crippen molar-refractivity contribution in [3.8, 4) is 0 Å². The minimum absolute atomic E-state index is 0.0117. The summed E-state index contributed by atoms with van der Waals surface area (Å²) in [5.41, 5.74) is 5.79. The van der Waals surface area contributed by atoms with Crippen LogP contribution in [0.1, 0.15) is 18.8 Å². The van der Waals surface area contributed by atoms with Crippen LogP contribution in [-0.4, -0.2) is 17.6 Å². The number of hydrogen-bond acceptors (Lipinski definition) is 4. The van der Waals surface area contributed by atoms with Gasteiger partial charge in [-0.2, -0.15) is 0 Å². The van der Waals surface area contributed by atoms with Gasteiger partial charge in [0.2, 0.25) is 6.17 Å². The quantitative estimate of drug-likeness (QED) is 0.742. The predicted octanol–water partition coefficient (Wildman–Crippen LogP) is 1.24. The van der Waals surface area contributed by atoms with Gasteiger partial charge in [-0.1, -0.05) is 0 Å². The molecule has 1 aromatic heterocycles. The molecule has 0 aliphatic carbocycles. The molecule has 0 amide bonds. The van der Waals surface area contributed by atoms with Gasteiger partial charge in [0.25, 0.3) is 0 Å². The summed E-state index contributed by atoms with van der Waals surface area (Å²) in [4.78, 5) is 14.6. The first-order valence-electron chi connectivity index (χ1n) is 4.17. The van der Waals surface area contributed by atoms with Crippen molar-refractivity contribution in [1.82, 2.24) is 4.98 Å². The Balaban J connectivity index is 2.73. The fraction of sp³-hybridized carbons (Fsp3) is 0.333. The van der Waals surface area contributed by atoms with Gasteiger partial charge in [0.1, 0.15) is 0 Å². The lowest BCUT2D eigenvalue weighted by Crippen LogP contribution is -2.13. The lowest BCUT2D eigenvalue weighted by atomic mass is 10.2. The van der Waals surface area contributed by atoms with Gasteiger partial charge in [-0.25, -0.2) is 9.18 Å². The maximum atomic E-state index is 13.3. The van der Waals surface area contributed by atoms with Crippen molar-refractivity contribution in [1.29, 1.82) is 0 Å². The molecule has 1 aromatic rings. The smallest absolute Gasteiger partial charge is 0.347 e. The van der Waals surface area contributed by atoms with Crippen LogP contribution in [0.4, 0.5) is 10.1 Å². The number of nitrogens with two attached hydrogens (primary N) is 1. The topological polar surface area (TPSA) is 65.2 Å². The van der Waals surface area contributed by atoms with Crippen molar-refractivity contribution >= 4 is 11.7 Å². The molecule has 1 unspecified atom stereocenters. The summed E-state index contributed by atoms with van der Waals surface area (Å²) in [6.45, 7) is 1.76. The van der Waals surface area contributed by atoms with E-state index in [1.165, 1.54) is 18.3 Å². The second kappa shape index (κ2) is 4.55. The third-order valence-electron chi connectivity index (χ3n) is 1.56. The summed E-state index contributed by atoms with van der Waals surface area (Å²) < 4.78 is 17.8. The number of carbonyl (C=O) groups excluding carboxylic acids is 1. The van der Waals surface area contributed by atoms with Crippen molar-refractivity contribution < 1.29 is 13.9 Å². The highest BCUT2D eigenvalue weighted by Gasteiger charge is 2.21. The van der Waals surface area contributed by atoms with Gasteiger partial charge in [0.15, 0.2) is 0 Å². The Bertz CT molecular complexity index is 313. The highest BCUT2D eigenvalue weighted by atomic mass is 19.1. The summed E-state index contributed by atoms with van der Waals surface area (Å²) in [6.07, 6.45) is -0.545. The summed E-state index contributed by atoms with van der Waals surface area (Å²) in [7, 11) is 0. The SMILES string of the molecule is CCOC(=O)C(F)c1ccc(N)cn1. The number of anilines is 1. The minimum Gasteiger partial charge on any atom is -0.464 e. The van der Waals surface area contributed by atoms with E-state index in [4.69, 9.17) is 5.73 Å². The second-order valence-electron chi connectivity index (χ2n) is 2.63. The van der Waals surface area contributed by atoms with Crippen molar-refractivity contribution in [2.45, 2.75) is 13.1 Å². The molecule has 76 valence electrons. The maximum Gasteiger partial charge on any atom is 0.347 e. The Kier molecular flexibility index (Phi) is 3.39. The molecule has 0 fully saturated rings. The Morgan fingerprint density at radius 3 is 2.93 bits per heavy atom. The first-order chi connectivity index (χ1) is 6.65. The molecular formula is C9H11FN2O2. The molecule has 0 radical (unpaired) electrons. The van der Waals surface area contributed by atoms with Crippen LogP contribution in [0.3, 0.4) is 0 Å². The molecule has 0 aliphatic heterocycles. The average Bonchev–Trinajstić information content (AvgIpc) is 2.18. The largest absolute Gasteiger partial charge is 0.464 e. The van der Waals surface area contributed by atoms with Crippen LogP contribution in [0.15, 0.2) is 18.3 Å². The molecule has 0 aliphatic rings. The summed E-state index contributed by atoms with van der Waals surface area (Å²) >= 11 is 0. The van der Waals surface area contributed by atoms with E-state index < -0.39 is 12.1 Å². The van der Waals surface area contributed by atoms with E-state index in [2.05, 4.69) is 9.72 Å². The van der Waals surface area contributed by atoms with Gasteiger partial charge in [-0.3, -0.25) is 4.98 Å². The van der Waals surface area contributed by atoms with E-state index >= 15 is 0 Å². The van der Waals surface area contributed by atoms with Crippen LogP contribution in [0, 0.1) is 0 Å². The summed E-state index contributed by atoms with van der Waals surface area (Å²) in [5, 5.41) is 0. The number of ether oxygens (including phenoxy) is 1. The van der Waals surface area contributed by atoms with Crippen molar-refractivity contribution in [3.63, 3.8) is 0 Å². The van der Waals surface area contributed by atoms with E-state index in [0.29, 0.717) is 5.69 Å². The molecule has 0 bridgehead atoms. The standard InChI is InChI=1S/C9H11FN2O2/c1-2-14-9(13)8(10)7-4-3-6(11)5-12-7/h3-5,8H,2,11H2,1H3. The van der Waals surface area contributed by atoms with E-state index in [0.717, 1.165) is 0 Å². The number of aromatic nitrogens is 1. The fourth-order valence-corrected chi connectivity index (χ4v) is 0.903. The maximum absolute atomic E-state index is 13.3. The number of halogens is 1. The molecular weight excluding hydrogens is 187 g/mol. The number of nitrogen functional groups attached to an aromatic ring is 1. The molecule has 1 heterocycles. The number of hydrogen-bond donors (Lipinski definition) is 1. The molecule has 1 atom stereocenters. The number of nitrogens with zero attached hydrogens (tertiary/aromatic N) is 1. The molecule has 0 saturated carbocycles. The first kappa shape index (κ1) is 10.4. The van der Waals surface area contributed by atoms with Gasteiger partial charge in [0, 0.05) is 0 Å². The molecule has 5 heteroatoms. The molecule has 0 aromatic carbocycles. The van der Waals surface area contributed by atoms with Gasteiger partial charge < -0.3 is 10.5 Å². The van der Waals surface area contributed by atoms with Crippen LogP contribution in [0.5, 0.6) is 0 Å². The van der Waals surface area contributed by atoms with Crippen LogP contribution in [0.25, 0.3) is 0 Å². The minimum atomic E-state index is -1.84. The Morgan fingerprint density at radius 1 is 1.71 bits per heavy atom. The molecule has 0 spiro atoms. The lowest BCUT2D eigenvalue weighted by molar-refractivity contribution is -0.149. The Labute approximate surface area is 80.9 Å². The molecule has 14 heavy (non-hydrogen) atoms. The van der Waals surface area contributed by atoms with Gasteiger partial charge >= 0.3 is 5.97 Å².